The van der Waals surface area contributed by atoms with Crippen molar-refractivity contribution in [3.63, 3.8) is 0 Å². The number of rotatable bonds is 5. The number of amides is 2. The first kappa shape index (κ1) is 19.1. The molecule has 0 atom stereocenters. The molecule has 0 unspecified atom stereocenters. The van der Waals surface area contributed by atoms with Crippen LogP contribution in [0, 0.1) is 5.82 Å². The fraction of sp³-hybridized carbons (Fsp3) is 0.471. The molecule has 0 bridgehead atoms. The molecule has 0 N–H and O–H groups in total. The van der Waals surface area contributed by atoms with Crippen LogP contribution in [0.3, 0.4) is 0 Å². The summed E-state index contributed by atoms with van der Waals surface area (Å²) in [4.78, 5) is 28.4. The van der Waals surface area contributed by atoms with Gasteiger partial charge in [0.2, 0.25) is 11.1 Å². The quantitative estimate of drug-likeness (QED) is 0.681. The molecule has 2 heterocycles. The summed E-state index contributed by atoms with van der Waals surface area (Å²) < 4.78 is 14.9. The molecule has 2 aliphatic rings. The van der Waals surface area contributed by atoms with E-state index in [9.17, 15) is 14.0 Å². The molecule has 2 aromatic rings. The molecule has 1 aliphatic heterocycles. The van der Waals surface area contributed by atoms with Crippen LogP contribution < -0.4 is 0 Å². The normalized spacial score (nSPS) is 17.1. The highest BCUT2D eigenvalue weighted by Gasteiger charge is 2.29. The lowest BCUT2D eigenvalue weighted by Crippen LogP contribution is -2.51. The van der Waals surface area contributed by atoms with Gasteiger partial charge in [-0.05, 0) is 41.5 Å². The minimum atomic E-state index is -0.484. The summed E-state index contributed by atoms with van der Waals surface area (Å²) in [6, 6.07) is 4.09. The number of hydrogen-bond donors (Lipinski definition) is 0. The summed E-state index contributed by atoms with van der Waals surface area (Å²) in [6.07, 6.45) is 2.14. The molecule has 0 radical (unpaired) electrons. The lowest BCUT2D eigenvalue weighted by molar-refractivity contribution is -0.129. The average Bonchev–Trinajstić information content (AvgIpc) is 3.43. The summed E-state index contributed by atoms with van der Waals surface area (Å²) in [5.41, 5.74) is 0.269. The molecule has 2 fully saturated rings. The molecule has 4 rings (SSSR count). The number of hydrogen-bond acceptors (Lipinski definition) is 6. The number of thioether (sulfide) groups is 1. The van der Waals surface area contributed by atoms with Crippen molar-refractivity contribution in [1.82, 2.24) is 30.0 Å². The smallest absolute Gasteiger partial charge is 0.255 e. The third kappa shape index (κ3) is 4.12. The van der Waals surface area contributed by atoms with E-state index in [2.05, 4.69) is 15.5 Å². The SMILES string of the molecule is O=C(CSc1nnnn1C1CC1)N1CCN(C(=O)c2ccc(F)cc2Cl)CC1. The summed E-state index contributed by atoms with van der Waals surface area (Å²) in [7, 11) is 0. The first-order valence-electron chi connectivity index (χ1n) is 8.95. The van der Waals surface area contributed by atoms with Crippen molar-refractivity contribution in [2.24, 2.45) is 0 Å². The summed E-state index contributed by atoms with van der Waals surface area (Å²) in [6.45, 7) is 1.69. The predicted octanol–water partition coefficient (Wildman–Crippen LogP) is 1.88. The van der Waals surface area contributed by atoms with Crippen LogP contribution in [0.2, 0.25) is 5.02 Å². The first-order valence-corrected chi connectivity index (χ1v) is 10.3. The zero-order valence-electron chi connectivity index (χ0n) is 14.9. The minimum absolute atomic E-state index is 0.0118. The van der Waals surface area contributed by atoms with Crippen molar-refractivity contribution in [3.8, 4) is 0 Å². The lowest BCUT2D eigenvalue weighted by Gasteiger charge is -2.34. The van der Waals surface area contributed by atoms with Gasteiger partial charge in [-0.15, -0.1) is 5.10 Å². The molecule has 0 spiro atoms. The Morgan fingerprint density at radius 2 is 1.89 bits per heavy atom. The third-order valence-electron chi connectivity index (χ3n) is 4.76. The fourth-order valence-corrected chi connectivity index (χ4v) is 4.13. The number of nitrogens with zero attached hydrogens (tertiary/aromatic N) is 6. The van der Waals surface area contributed by atoms with Crippen molar-refractivity contribution in [3.05, 3.63) is 34.6 Å². The van der Waals surface area contributed by atoms with Crippen LogP contribution in [0.5, 0.6) is 0 Å². The van der Waals surface area contributed by atoms with Crippen LogP contribution in [0.25, 0.3) is 0 Å². The maximum atomic E-state index is 13.2. The Labute approximate surface area is 170 Å². The van der Waals surface area contributed by atoms with Gasteiger partial charge >= 0.3 is 0 Å². The van der Waals surface area contributed by atoms with Gasteiger partial charge in [-0.25, -0.2) is 9.07 Å². The van der Waals surface area contributed by atoms with E-state index in [0.29, 0.717) is 37.4 Å². The zero-order chi connectivity index (χ0) is 19.7. The van der Waals surface area contributed by atoms with E-state index in [0.717, 1.165) is 18.9 Å². The van der Waals surface area contributed by atoms with E-state index in [1.54, 1.807) is 14.5 Å². The van der Waals surface area contributed by atoms with Gasteiger partial charge in [0, 0.05) is 26.2 Å². The van der Waals surface area contributed by atoms with Crippen molar-refractivity contribution in [2.75, 3.05) is 31.9 Å². The number of benzene rings is 1. The summed E-state index contributed by atoms with van der Waals surface area (Å²) >= 11 is 7.31. The third-order valence-corrected chi connectivity index (χ3v) is 5.99. The fourth-order valence-electron chi connectivity index (χ4n) is 3.04. The van der Waals surface area contributed by atoms with Crippen molar-refractivity contribution >= 4 is 35.2 Å². The van der Waals surface area contributed by atoms with Gasteiger partial charge in [-0.1, -0.05) is 23.4 Å². The van der Waals surface area contributed by atoms with Gasteiger partial charge in [0.25, 0.3) is 5.91 Å². The Bertz CT molecular complexity index is 898. The van der Waals surface area contributed by atoms with Crippen LogP contribution in [-0.4, -0.2) is 73.8 Å². The van der Waals surface area contributed by atoms with Crippen LogP contribution in [0.4, 0.5) is 4.39 Å². The highest BCUT2D eigenvalue weighted by molar-refractivity contribution is 7.99. The molecule has 1 saturated heterocycles. The first-order chi connectivity index (χ1) is 13.5. The van der Waals surface area contributed by atoms with E-state index >= 15 is 0 Å². The number of halogens is 2. The highest BCUT2D eigenvalue weighted by Crippen LogP contribution is 2.36. The Kier molecular flexibility index (Phi) is 5.49. The Morgan fingerprint density at radius 1 is 1.18 bits per heavy atom. The number of carbonyl (C=O) groups excluding carboxylic acids is 2. The number of carbonyl (C=O) groups is 2. The van der Waals surface area contributed by atoms with Gasteiger partial charge < -0.3 is 9.80 Å². The molecule has 11 heteroatoms. The predicted molar refractivity (Wildman–Crippen MR) is 101 cm³/mol. The molecule has 8 nitrogen and oxygen atoms in total. The standard InChI is InChI=1S/C17H18ClFN6O2S/c18-14-9-11(19)1-4-13(14)16(27)24-7-5-23(6-8-24)15(26)10-28-17-20-21-22-25(17)12-2-3-12/h1,4,9,12H,2-3,5-8,10H2. The topological polar surface area (TPSA) is 84.2 Å². The van der Waals surface area contributed by atoms with Crippen LogP contribution in [-0.2, 0) is 4.79 Å². The average molecular weight is 425 g/mol. The Balaban J connectivity index is 1.29. The molecular weight excluding hydrogens is 407 g/mol. The molecule has 1 aromatic heterocycles. The lowest BCUT2D eigenvalue weighted by atomic mass is 10.1. The number of piperazine rings is 1. The zero-order valence-corrected chi connectivity index (χ0v) is 16.5. The second-order valence-electron chi connectivity index (χ2n) is 6.72. The van der Waals surface area contributed by atoms with Crippen LogP contribution >= 0.6 is 23.4 Å². The monoisotopic (exact) mass is 424 g/mol. The second kappa shape index (κ2) is 8.04. The highest BCUT2D eigenvalue weighted by atomic mass is 35.5. The summed E-state index contributed by atoms with van der Waals surface area (Å²) in [5.74, 6) is -0.496. The number of tetrazole rings is 1. The van der Waals surface area contributed by atoms with E-state index in [4.69, 9.17) is 11.6 Å². The van der Waals surface area contributed by atoms with Gasteiger partial charge in [0.05, 0.1) is 22.4 Å². The van der Waals surface area contributed by atoms with Crippen LogP contribution in [0.1, 0.15) is 29.2 Å². The molecule has 1 saturated carbocycles. The molecule has 1 aromatic carbocycles. The maximum Gasteiger partial charge on any atom is 0.255 e. The van der Waals surface area contributed by atoms with Crippen molar-refractivity contribution in [1.29, 1.82) is 0 Å². The Morgan fingerprint density at radius 3 is 2.57 bits per heavy atom. The number of aromatic nitrogens is 4. The van der Waals surface area contributed by atoms with Gasteiger partial charge in [-0.3, -0.25) is 9.59 Å². The van der Waals surface area contributed by atoms with Crippen molar-refractivity contribution < 1.29 is 14.0 Å². The van der Waals surface area contributed by atoms with Gasteiger partial charge in [0.1, 0.15) is 5.82 Å². The molecular formula is C17H18ClFN6O2S. The molecule has 2 amide bonds. The van der Waals surface area contributed by atoms with Crippen LogP contribution in [0.15, 0.2) is 23.4 Å². The Hall–Kier alpha value is -2.20. The van der Waals surface area contributed by atoms with E-state index in [1.165, 1.54) is 23.9 Å². The van der Waals surface area contributed by atoms with E-state index in [-0.39, 0.29) is 28.2 Å². The minimum Gasteiger partial charge on any atom is -0.338 e. The molecule has 1 aliphatic carbocycles. The maximum absolute atomic E-state index is 13.2. The van der Waals surface area contributed by atoms with E-state index < -0.39 is 5.82 Å². The largest absolute Gasteiger partial charge is 0.338 e. The van der Waals surface area contributed by atoms with Gasteiger partial charge in [0.15, 0.2) is 0 Å². The van der Waals surface area contributed by atoms with E-state index in [1.807, 2.05) is 0 Å². The summed E-state index contributed by atoms with van der Waals surface area (Å²) in [5, 5.41) is 12.4. The molecule has 148 valence electrons. The van der Waals surface area contributed by atoms with Crippen molar-refractivity contribution in [2.45, 2.75) is 24.0 Å². The molecule has 28 heavy (non-hydrogen) atoms. The van der Waals surface area contributed by atoms with Gasteiger partial charge in [-0.2, -0.15) is 0 Å². The second-order valence-corrected chi connectivity index (χ2v) is 8.07.